The van der Waals surface area contributed by atoms with Gasteiger partial charge in [-0.05, 0) is 147 Å². The maximum atomic E-state index is 2.39. The van der Waals surface area contributed by atoms with Crippen molar-refractivity contribution in [2.24, 2.45) is 0 Å². The van der Waals surface area contributed by atoms with Crippen LogP contribution in [0.3, 0.4) is 0 Å². The summed E-state index contributed by atoms with van der Waals surface area (Å²) in [4.78, 5) is 0. The van der Waals surface area contributed by atoms with Gasteiger partial charge in [0.15, 0.2) is 0 Å². The summed E-state index contributed by atoms with van der Waals surface area (Å²) in [5.41, 5.74) is 19.3. The van der Waals surface area contributed by atoms with Crippen LogP contribution in [-0.2, 0) is 0 Å². The molecule has 0 amide bonds. The molecule has 0 heteroatoms. The minimum atomic E-state index is 1.19. The summed E-state index contributed by atoms with van der Waals surface area (Å²) >= 11 is 0. The van der Waals surface area contributed by atoms with Crippen LogP contribution >= 0.6 is 0 Å². The molecule has 0 N–H and O–H groups in total. The standard InChI is InChI=1S/C62H42/c1-5-17-43(18-6-1)47-29-33-49(34-30-47)53-37-51(45-21-9-3-10-22-45)39-55(41-53)61-57-25-13-15-27-59(57)62(60-28-16-14-26-58(60)61)56-40-52(46-23-11-4-12-24-46)38-54(42-56)50-35-31-48(32-36-50)44-19-7-2-8-20-44/h1-42H. The second-order valence-electron chi connectivity index (χ2n) is 16.1. The van der Waals surface area contributed by atoms with Crippen molar-refractivity contribution in [3.63, 3.8) is 0 Å². The molecule has 0 unspecified atom stereocenters. The number of hydrogen-bond acceptors (Lipinski definition) is 0. The average molecular weight is 787 g/mol. The normalized spacial score (nSPS) is 11.2. The molecule has 62 heavy (non-hydrogen) atoms. The molecule has 11 aromatic rings. The van der Waals surface area contributed by atoms with E-state index >= 15 is 0 Å². The van der Waals surface area contributed by atoms with Gasteiger partial charge in [0.2, 0.25) is 0 Å². The zero-order valence-corrected chi connectivity index (χ0v) is 34.2. The van der Waals surface area contributed by atoms with E-state index in [1.165, 1.54) is 111 Å². The zero-order valence-electron chi connectivity index (χ0n) is 34.2. The van der Waals surface area contributed by atoms with E-state index in [-0.39, 0.29) is 0 Å². The highest BCUT2D eigenvalue weighted by Gasteiger charge is 2.19. The summed E-state index contributed by atoms with van der Waals surface area (Å²) in [6.45, 7) is 0. The van der Waals surface area contributed by atoms with Gasteiger partial charge in [-0.1, -0.05) is 218 Å². The molecule has 0 atom stereocenters. The lowest BCUT2D eigenvalue weighted by Gasteiger charge is -2.20. The Bertz CT molecular complexity index is 3040. The van der Waals surface area contributed by atoms with Crippen molar-refractivity contribution in [2.45, 2.75) is 0 Å². The topological polar surface area (TPSA) is 0 Å². The van der Waals surface area contributed by atoms with Crippen LogP contribution in [0.2, 0.25) is 0 Å². The molecule has 11 rings (SSSR count). The number of hydrogen-bond donors (Lipinski definition) is 0. The lowest BCUT2D eigenvalue weighted by Crippen LogP contribution is -1.93. The first-order chi connectivity index (χ1) is 30.7. The molecule has 0 saturated carbocycles. The molecule has 0 saturated heterocycles. The van der Waals surface area contributed by atoms with Gasteiger partial charge in [0.25, 0.3) is 0 Å². The van der Waals surface area contributed by atoms with Crippen molar-refractivity contribution >= 4 is 21.5 Å². The third-order valence-electron chi connectivity index (χ3n) is 12.2. The molecule has 0 nitrogen and oxygen atoms in total. The van der Waals surface area contributed by atoms with Gasteiger partial charge in [-0.15, -0.1) is 0 Å². The predicted molar refractivity (Wildman–Crippen MR) is 265 cm³/mol. The number of benzene rings is 11. The lowest BCUT2D eigenvalue weighted by atomic mass is 9.83. The van der Waals surface area contributed by atoms with Crippen LogP contribution in [0.5, 0.6) is 0 Å². The molecule has 290 valence electrons. The summed E-state index contributed by atoms with van der Waals surface area (Å²) in [6.07, 6.45) is 0. The van der Waals surface area contributed by atoms with Crippen LogP contribution in [-0.4, -0.2) is 0 Å². The minimum absolute atomic E-state index is 1.19. The van der Waals surface area contributed by atoms with Crippen LogP contribution in [0, 0.1) is 0 Å². The van der Waals surface area contributed by atoms with E-state index in [1.54, 1.807) is 0 Å². The molecule has 11 aromatic carbocycles. The second-order valence-corrected chi connectivity index (χ2v) is 16.1. The molecule has 0 spiro atoms. The molecule has 0 aliphatic heterocycles. The van der Waals surface area contributed by atoms with Crippen LogP contribution in [0.15, 0.2) is 255 Å². The smallest absolute Gasteiger partial charge is 0.00259 e. The van der Waals surface area contributed by atoms with E-state index in [0.29, 0.717) is 0 Å². The molecule has 0 aliphatic carbocycles. The third kappa shape index (κ3) is 7.08. The highest BCUT2D eigenvalue weighted by Crippen LogP contribution is 2.47. The van der Waals surface area contributed by atoms with Crippen molar-refractivity contribution < 1.29 is 0 Å². The third-order valence-corrected chi connectivity index (χ3v) is 12.2. The van der Waals surface area contributed by atoms with Crippen molar-refractivity contribution in [1.82, 2.24) is 0 Å². The Hall–Kier alpha value is -8.06. The van der Waals surface area contributed by atoms with Gasteiger partial charge in [-0.25, -0.2) is 0 Å². The molecule has 0 heterocycles. The molecule has 0 bridgehead atoms. The van der Waals surface area contributed by atoms with Gasteiger partial charge in [0.05, 0.1) is 0 Å². The van der Waals surface area contributed by atoms with Crippen molar-refractivity contribution in [2.75, 3.05) is 0 Å². The van der Waals surface area contributed by atoms with Gasteiger partial charge >= 0.3 is 0 Å². The molecule has 0 fully saturated rings. The largest absolute Gasteiger partial charge is 0.0622 e. The summed E-state index contributed by atoms with van der Waals surface area (Å²) in [7, 11) is 0. The number of rotatable bonds is 8. The SMILES string of the molecule is c1ccc(-c2ccc(-c3cc(-c4ccccc4)cc(-c4c5ccccc5c(-c5cc(-c6ccccc6)cc(-c6ccc(-c7ccccc7)cc6)c5)c5ccccc45)c3)cc2)cc1. The quantitative estimate of drug-likeness (QED) is 0.135. The van der Waals surface area contributed by atoms with Gasteiger partial charge in [-0.3, -0.25) is 0 Å². The first-order valence-corrected chi connectivity index (χ1v) is 21.4. The Morgan fingerprint density at radius 1 is 0.129 bits per heavy atom. The van der Waals surface area contributed by atoms with Crippen LogP contribution in [0.1, 0.15) is 0 Å². The summed E-state index contributed by atoms with van der Waals surface area (Å²) in [6, 6.07) is 93.1. The Kier molecular flexibility index (Phi) is 9.65. The highest BCUT2D eigenvalue weighted by molar-refractivity contribution is 6.22. The highest BCUT2D eigenvalue weighted by atomic mass is 14.2. The van der Waals surface area contributed by atoms with E-state index in [0.717, 1.165) is 0 Å². The second kappa shape index (κ2) is 16.2. The van der Waals surface area contributed by atoms with Crippen molar-refractivity contribution in [3.05, 3.63) is 255 Å². The van der Waals surface area contributed by atoms with E-state index in [4.69, 9.17) is 0 Å². The van der Waals surface area contributed by atoms with Gasteiger partial charge in [0, 0.05) is 0 Å². The van der Waals surface area contributed by atoms with Crippen molar-refractivity contribution in [1.29, 1.82) is 0 Å². The Morgan fingerprint density at radius 3 is 0.565 bits per heavy atom. The fourth-order valence-corrected chi connectivity index (χ4v) is 9.19. The van der Waals surface area contributed by atoms with E-state index < -0.39 is 0 Å². The molecular weight excluding hydrogens is 745 g/mol. The minimum Gasteiger partial charge on any atom is -0.0622 e. The summed E-state index contributed by atoms with van der Waals surface area (Å²) in [5, 5.41) is 4.93. The Balaban J connectivity index is 1.12. The van der Waals surface area contributed by atoms with Crippen LogP contribution in [0.4, 0.5) is 0 Å². The van der Waals surface area contributed by atoms with Crippen LogP contribution < -0.4 is 0 Å². The zero-order chi connectivity index (χ0) is 41.2. The fourth-order valence-electron chi connectivity index (χ4n) is 9.19. The first-order valence-electron chi connectivity index (χ1n) is 21.4. The monoisotopic (exact) mass is 786 g/mol. The molecule has 0 aliphatic rings. The molecule has 0 radical (unpaired) electrons. The summed E-state index contributed by atoms with van der Waals surface area (Å²) < 4.78 is 0. The Labute approximate surface area is 363 Å². The maximum absolute atomic E-state index is 2.39. The lowest BCUT2D eigenvalue weighted by molar-refractivity contribution is 1.56. The fraction of sp³-hybridized carbons (Fsp3) is 0. The summed E-state index contributed by atoms with van der Waals surface area (Å²) in [5.74, 6) is 0. The Morgan fingerprint density at radius 2 is 0.306 bits per heavy atom. The predicted octanol–water partition coefficient (Wildman–Crippen LogP) is 17.3. The molecular formula is C62H42. The van der Waals surface area contributed by atoms with Crippen molar-refractivity contribution in [3.8, 4) is 89.0 Å². The number of fused-ring (bicyclic) bond motifs is 2. The van der Waals surface area contributed by atoms with E-state index in [2.05, 4.69) is 255 Å². The van der Waals surface area contributed by atoms with Gasteiger partial charge in [0.1, 0.15) is 0 Å². The first kappa shape index (κ1) is 37.0. The van der Waals surface area contributed by atoms with Gasteiger partial charge in [-0.2, -0.15) is 0 Å². The maximum Gasteiger partial charge on any atom is -0.00259 e. The van der Waals surface area contributed by atoms with E-state index in [1.807, 2.05) is 0 Å². The van der Waals surface area contributed by atoms with Crippen LogP contribution in [0.25, 0.3) is 111 Å². The van der Waals surface area contributed by atoms with E-state index in [9.17, 15) is 0 Å². The van der Waals surface area contributed by atoms with Gasteiger partial charge < -0.3 is 0 Å². The average Bonchev–Trinajstić information content (AvgIpc) is 3.36. The molecule has 0 aromatic heterocycles.